The quantitative estimate of drug-likeness (QED) is 0.453. The van der Waals surface area contributed by atoms with Gasteiger partial charge >= 0.3 is 5.97 Å². The predicted octanol–water partition coefficient (Wildman–Crippen LogP) is 3.58. The van der Waals surface area contributed by atoms with E-state index in [1.165, 1.54) is 0 Å². The van der Waals surface area contributed by atoms with E-state index in [1.807, 2.05) is 12.2 Å². The van der Waals surface area contributed by atoms with Crippen molar-refractivity contribution in [2.24, 2.45) is 11.8 Å². The van der Waals surface area contributed by atoms with Crippen LogP contribution in [0, 0.1) is 11.8 Å². The zero-order chi connectivity index (χ0) is 20.1. The number of carboxylic acids is 1. The molecule has 0 aromatic rings. The molecule has 0 unspecified atom stereocenters. The van der Waals surface area contributed by atoms with Crippen molar-refractivity contribution in [1.29, 1.82) is 0 Å². The average Bonchev–Trinajstić information content (AvgIpc) is 2.89. The van der Waals surface area contributed by atoms with Gasteiger partial charge in [-0.1, -0.05) is 55.5 Å². The van der Waals surface area contributed by atoms with E-state index in [0.717, 1.165) is 19.3 Å². The Morgan fingerprint density at radius 2 is 1.78 bits per heavy atom. The molecule has 1 fully saturated rings. The molecule has 150 valence electrons. The first kappa shape index (κ1) is 23.1. The molecule has 0 aliphatic heterocycles. The maximum absolute atomic E-state index is 12.0. The molecule has 0 bridgehead atoms. The van der Waals surface area contributed by atoms with Gasteiger partial charge in [-0.05, 0) is 38.0 Å². The first-order valence-corrected chi connectivity index (χ1v) is 9.69. The number of aliphatic hydroxyl groups excluding tert-OH is 2. The third-order valence-corrected chi connectivity index (χ3v) is 4.63. The summed E-state index contributed by atoms with van der Waals surface area (Å²) in [4.78, 5) is 22.7. The SMILES string of the molecule is CC/C=C\C/C=C/C/C=C\C[C@H](O)/C=C/[C@@H]1C(=O)C[C@@H](O)[C@H]1CCC(=O)O. The molecule has 0 heterocycles. The van der Waals surface area contributed by atoms with Crippen LogP contribution < -0.4 is 0 Å². The molecule has 1 saturated carbocycles. The Morgan fingerprint density at radius 1 is 1.15 bits per heavy atom. The van der Waals surface area contributed by atoms with Crippen molar-refractivity contribution in [3.8, 4) is 0 Å². The lowest BCUT2D eigenvalue weighted by molar-refractivity contribution is -0.137. The van der Waals surface area contributed by atoms with E-state index in [1.54, 1.807) is 12.2 Å². The first-order chi connectivity index (χ1) is 13.0. The van der Waals surface area contributed by atoms with Gasteiger partial charge in [0.1, 0.15) is 5.78 Å². The van der Waals surface area contributed by atoms with Crippen molar-refractivity contribution in [1.82, 2.24) is 0 Å². The Morgan fingerprint density at radius 3 is 2.41 bits per heavy atom. The molecule has 0 radical (unpaired) electrons. The second kappa shape index (κ2) is 13.2. The van der Waals surface area contributed by atoms with Crippen molar-refractivity contribution >= 4 is 11.8 Å². The fraction of sp³-hybridized carbons (Fsp3) is 0.545. The summed E-state index contributed by atoms with van der Waals surface area (Å²) in [5.41, 5.74) is 0. The van der Waals surface area contributed by atoms with Crippen molar-refractivity contribution < 1.29 is 24.9 Å². The number of hydrogen-bond acceptors (Lipinski definition) is 4. The molecule has 1 aliphatic rings. The van der Waals surface area contributed by atoms with E-state index in [2.05, 4.69) is 31.2 Å². The van der Waals surface area contributed by atoms with E-state index in [0.29, 0.717) is 6.42 Å². The Labute approximate surface area is 161 Å². The molecule has 1 rings (SSSR count). The van der Waals surface area contributed by atoms with Crippen LogP contribution in [-0.4, -0.2) is 39.3 Å². The molecule has 27 heavy (non-hydrogen) atoms. The van der Waals surface area contributed by atoms with Gasteiger partial charge in [-0.15, -0.1) is 0 Å². The molecule has 5 heteroatoms. The van der Waals surface area contributed by atoms with Crippen molar-refractivity contribution in [2.45, 2.75) is 64.1 Å². The topological polar surface area (TPSA) is 94.8 Å². The summed E-state index contributed by atoms with van der Waals surface area (Å²) in [6.45, 7) is 2.10. The van der Waals surface area contributed by atoms with Gasteiger partial charge in [-0.25, -0.2) is 0 Å². The fourth-order valence-electron chi connectivity index (χ4n) is 3.15. The van der Waals surface area contributed by atoms with Gasteiger partial charge in [0.15, 0.2) is 0 Å². The number of Topliss-reactive ketones (excluding diaryl/α,β-unsaturated/α-hetero) is 1. The molecular weight excluding hydrogens is 344 g/mol. The van der Waals surface area contributed by atoms with Crippen LogP contribution in [0.3, 0.4) is 0 Å². The van der Waals surface area contributed by atoms with Crippen LogP contribution in [0.2, 0.25) is 0 Å². The van der Waals surface area contributed by atoms with Gasteiger partial charge in [0.2, 0.25) is 0 Å². The molecule has 3 N–H and O–H groups in total. The van der Waals surface area contributed by atoms with Crippen LogP contribution in [0.1, 0.15) is 51.9 Å². The van der Waals surface area contributed by atoms with Crippen LogP contribution in [0.25, 0.3) is 0 Å². The van der Waals surface area contributed by atoms with E-state index in [4.69, 9.17) is 5.11 Å². The first-order valence-electron chi connectivity index (χ1n) is 9.69. The zero-order valence-corrected chi connectivity index (χ0v) is 16.0. The number of ketones is 1. The molecular formula is C22H32O5. The summed E-state index contributed by atoms with van der Waals surface area (Å²) < 4.78 is 0. The molecule has 1 aliphatic carbocycles. The lowest BCUT2D eigenvalue weighted by atomic mass is 9.89. The number of rotatable bonds is 12. The lowest BCUT2D eigenvalue weighted by Gasteiger charge is -2.17. The molecule has 0 saturated heterocycles. The van der Waals surface area contributed by atoms with Crippen molar-refractivity contribution in [3.05, 3.63) is 48.6 Å². The Balaban J connectivity index is 2.40. The standard InChI is InChI=1S/C22H32O5/c1-2-3-4-5-6-7-8-9-10-11-17(23)12-13-18-19(14-15-22(26)27)21(25)16-20(18)24/h3-4,6-7,9-10,12-13,17-19,21,23,25H,2,5,8,11,14-16H2,1H3,(H,26,27)/b4-3-,7-6+,10-9-,13-12+/t17-,18-,19-,21+/m0/s1. The molecule has 4 atom stereocenters. The van der Waals surface area contributed by atoms with Crippen LogP contribution in [0.15, 0.2) is 48.6 Å². The van der Waals surface area contributed by atoms with Gasteiger partial charge in [-0.3, -0.25) is 9.59 Å². The smallest absolute Gasteiger partial charge is 0.303 e. The third-order valence-electron chi connectivity index (χ3n) is 4.63. The number of aliphatic carboxylic acids is 1. The van der Waals surface area contributed by atoms with Crippen molar-refractivity contribution in [3.63, 3.8) is 0 Å². The minimum atomic E-state index is -0.940. The summed E-state index contributed by atoms with van der Waals surface area (Å²) in [6, 6.07) is 0. The van der Waals surface area contributed by atoms with Crippen LogP contribution in [0.5, 0.6) is 0 Å². The van der Waals surface area contributed by atoms with Crippen LogP contribution in [0.4, 0.5) is 0 Å². The summed E-state index contributed by atoms with van der Waals surface area (Å²) in [7, 11) is 0. The second-order valence-electron chi connectivity index (χ2n) is 6.84. The number of allylic oxidation sites excluding steroid dienone is 6. The molecule has 0 aromatic carbocycles. The summed E-state index contributed by atoms with van der Waals surface area (Å²) in [5.74, 6) is -1.94. The minimum absolute atomic E-state index is 0.0507. The zero-order valence-electron chi connectivity index (χ0n) is 16.0. The minimum Gasteiger partial charge on any atom is -0.481 e. The highest BCUT2D eigenvalue weighted by molar-refractivity contribution is 5.86. The number of carbonyl (C=O) groups is 2. The largest absolute Gasteiger partial charge is 0.481 e. The van der Waals surface area contributed by atoms with E-state index >= 15 is 0 Å². The highest BCUT2D eigenvalue weighted by Gasteiger charge is 2.39. The van der Waals surface area contributed by atoms with Gasteiger partial charge in [0.05, 0.1) is 12.2 Å². The van der Waals surface area contributed by atoms with Crippen LogP contribution >= 0.6 is 0 Å². The van der Waals surface area contributed by atoms with Gasteiger partial charge in [-0.2, -0.15) is 0 Å². The van der Waals surface area contributed by atoms with Gasteiger partial charge < -0.3 is 15.3 Å². The third kappa shape index (κ3) is 9.50. The molecule has 0 aromatic heterocycles. The monoisotopic (exact) mass is 376 g/mol. The normalized spacial score (nSPS) is 24.9. The lowest BCUT2D eigenvalue weighted by Crippen LogP contribution is -2.20. The van der Waals surface area contributed by atoms with Crippen LogP contribution in [-0.2, 0) is 9.59 Å². The molecule has 0 amide bonds. The number of carbonyl (C=O) groups excluding carboxylic acids is 1. The molecule has 0 spiro atoms. The van der Waals surface area contributed by atoms with Gasteiger partial charge in [0, 0.05) is 18.8 Å². The second-order valence-corrected chi connectivity index (χ2v) is 6.84. The summed E-state index contributed by atoms with van der Waals surface area (Å²) >= 11 is 0. The Hall–Kier alpha value is -1.98. The fourth-order valence-corrected chi connectivity index (χ4v) is 3.15. The maximum atomic E-state index is 12.0. The highest BCUT2D eigenvalue weighted by atomic mass is 16.4. The Kier molecular flexibility index (Phi) is 11.3. The Bertz CT molecular complexity index is 573. The molecule has 5 nitrogen and oxygen atoms in total. The summed E-state index contributed by atoms with van der Waals surface area (Å²) in [5, 5.41) is 28.8. The summed E-state index contributed by atoms with van der Waals surface area (Å²) in [6.07, 6.45) is 17.5. The maximum Gasteiger partial charge on any atom is 0.303 e. The van der Waals surface area contributed by atoms with Gasteiger partial charge in [0.25, 0.3) is 0 Å². The number of aliphatic hydroxyl groups is 2. The predicted molar refractivity (Wildman–Crippen MR) is 106 cm³/mol. The van der Waals surface area contributed by atoms with E-state index in [-0.39, 0.29) is 31.0 Å². The number of hydrogen-bond donors (Lipinski definition) is 3. The van der Waals surface area contributed by atoms with Crippen molar-refractivity contribution in [2.75, 3.05) is 0 Å². The average molecular weight is 376 g/mol. The highest BCUT2D eigenvalue weighted by Crippen LogP contribution is 2.34. The van der Waals surface area contributed by atoms with E-state index < -0.39 is 24.1 Å². The van der Waals surface area contributed by atoms with E-state index in [9.17, 15) is 19.8 Å². The number of carboxylic acid groups (broad SMARTS) is 1.